The fourth-order valence-corrected chi connectivity index (χ4v) is 2.84. The molecule has 0 amide bonds. The van der Waals surface area contributed by atoms with Crippen molar-refractivity contribution in [2.24, 2.45) is 0 Å². The van der Waals surface area contributed by atoms with Crippen molar-refractivity contribution < 1.29 is 9.13 Å². The minimum atomic E-state index is -0.427. The van der Waals surface area contributed by atoms with Crippen LogP contribution in [0.5, 0.6) is 0 Å². The summed E-state index contributed by atoms with van der Waals surface area (Å²) in [6, 6.07) is 8.50. The fourth-order valence-electron chi connectivity index (χ4n) is 2.24. The maximum absolute atomic E-state index is 13.3. The Kier molecular flexibility index (Phi) is 4.42. The Hall–Kier alpha value is -1.17. The lowest BCUT2D eigenvalue weighted by Gasteiger charge is -2.28. The number of nitrogens with zero attached hydrogens (tertiary/aromatic N) is 2. The van der Waals surface area contributed by atoms with Crippen molar-refractivity contribution in [2.45, 2.75) is 0 Å². The van der Waals surface area contributed by atoms with Crippen LogP contribution < -0.4 is 4.90 Å². The first-order valence-electron chi connectivity index (χ1n) is 6.59. The van der Waals surface area contributed by atoms with Crippen LogP contribution in [0.25, 0.3) is 11.3 Å². The zero-order valence-corrected chi connectivity index (χ0v) is 13.5. The highest BCUT2D eigenvalue weighted by molar-refractivity contribution is 9.10. The van der Waals surface area contributed by atoms with Gasteiger partial charge in [0.2, 0.25) is 0 Å². The van der Waals surface area contributed by atoms with Gasteiger partial charge in [0.05, 0.1) is 23.9 Å². The van der Waals surface area contributed by atoms with Gasteiger partial charge in [-0.1, -0.05) is 27.5 Å². The second-order valence-corrected chi connectivity index (χ2v) is 6.08. The molecule has 1 aromatic heterocycles. The third-order valence-electron chi connectivity index (χ3n) is 3.33. The summed E-state index contributed by atoms with van der Waals surface area (Å²) in [4.78, 5) is 6.83. The maximum Gasteiger partial charge on any atom is 0.141 e. The van der Waals surface area contributed by atoms with E-state index in [1.54, 1.807) is 12.1 Å². The topological polar surface area (TPSA) is 25.4 Å². The monoisotopic (exact) mass is 370 g/mol. The molecular weight excluding hydrogens is 359 g/mol. The van der Waals surface area contributed by atoms with E-state index in [1.807, 2.05) is 12.1 Å². The van der Waals surface area contributed by atoms with Crippen molar-refractivity contribution in [3.05, 3.63) is 45.6 Å². The Morgan fingerprint density at radius 2 is 1.95 bits per heavy atom. The molecule has 0 atom stereocenters. The lowest BCUT2D eigenvalue weighted by Crippen LogP contribution is -2.36. The molecule has 110 valence electrons. The number of rotatable bonds is 2. The number of ether oxygens (including phenoxy) is 1. The third kappa shape index (κ3) is 3.36. The minimum Gasteiger partial charge on any atom is -0.378 e. The molecule has 3 nitrogen and oxygen atoms in total. The first-order valence-corrected chi connectivity index (χ1v) is 7.76. The number of aromatic nitrogens is 1. The molecule has 21 heavy (non-hydrogen) atoms. The quantitative estimate of drug-likeness (QED) is 0.793. The summed E-state index contributed by atoms with van der Waals surface area (Å²) in [5, 5.41) is 0.0993. The van der Waals surface area contributed by atoms with E-state index in [4.69, 9.17) is 16.3 Å². The average molecular weight is 372 g/mol. The molecule has 6 heteroatoms. The average Bonchev–Trinajstić information content (AvgIpc) is 2.50. The molecule has 0 unspecified atom stereocenters. The number of morpholine rings is 1. The lowest BCUT2D eigenvalue weighted by atomic mass is 10.1. The smallest absolute Gasteiger partial charge is 0.141 e. The van der Waals surface area contributed by atoms with E-state index in [2.05, 4.69) is 25.8 Å². The van der Waals surface area contributed by atoms with Gasteiger partial charge in [-0.2, -0.15) is 0 Å². The number of benzene rings is 1. The second kappa shape index (κ2) is 6.30. The lowest BCUT2D eigenvalue weighted by molar-refractivity contribution is 0.122. The number of anilines is 1. The minimum absolute atomic E-state index is 0.0993. The molecule has 0 radical (unpaired) electrons. The molecule has 0 saturated carbocycles. The zero-order chi connectivity index (χ0) is 14.8. The van der Waals surface area contributed by atoms with Gasteiger partial charge in [-0.25, -0.2) is 9.37 Å². The van der Waals surface area contributed by atoms with Crippen LogP contribution >= 0.6 is 27.5 Å². The van der Waals surface area contributed by atoms with Crippen molar-refractivity contribution in [3.8, 4) is 11.3 Å². The van der Waals surface area contributed by atoms with Crippen LogP contribution in [0.4, 0.5) is 10.2 Å². The van der Waals surface area contributed by atoms with E-state index in [0.29, 0.717) is 13.2 Å². The molecule has 2 heterocycles. The van der Waals surface area contributed by atoms with Gasteiger partial charge in [-0.15, -0.1) is 0 Å². The first-order chi connectivity index (χ1) is 10.1. The van der Waals surface area contributed by atoms with Gasteiger partial charge in [-0.3, -0.25) is 0 Å². The Bertz CT molecular complexity index is 662. The molecule has 1 fully saturated rings. The first kappa shape index (κ1) is 14.8. The maximum atomic E-state index is 13.3. The Balaban J connectivity index is 1.98. The van der Waals surface area contributed by atoms with Crippen molar-refractivity contribution in [1.29, 1.82) is 0 Å². The summed E-state index contributed by atoms with van der Waals surface area (Å²) in [6.07, 6.45) is 0. The Labute approximate surface area is 135 Å². The highest BCUT2D eigenvalue weighted by atomic mass is 79.9. The van der Waals surface area contributed by atoms with Crippen molar-refractivity contribution in [3.63, 3.8) is 0 Å². The van der Waals surface area contributed by atoms with Gasteiger partial charge < -0.3 is 9.64 Å². The van der Waals surface area contributed by atoms with Crippen molar-refractivity contribution >= 4 is 33.3 Å². The van der Waals surface area contributed by atoms with Crippen LogP contribution in [0.3, 0.4) is 0 Å². The molecular formula is C15H13BrClFN2O. The van der Waals surface area contributed by atoms with E-state index in [0.717, 1.165) is 34.6 Å². The van der Waals surface area contributed by atoms with Gasteiger partial charge in [0.1, 0.15) is 11.6 Å². The zero-order valence-electron chi connectivity index (χ0n) is 11.2. The van der Waals surface area contributed by atoms with Crippen LogP contribution in [-0.4, -0.2) is 31.3 Å². The van der Waals surface area contributed by atoms with Crippen molar-refractivity contribution in [1.82, 2.24) is 4.98 Å². The summed E-state index contributed by atoms with van der Waals surface area (Å²) in [5.41, 5.74) is 1.55. The van der Waals surface area contributed by atoms with E-state index < -0.39 is 5.82 Å². The standard InChI is InChI=1S/C15H13BrClFN2O/c16-11-8-14(10-1-2-13(18)12(17)7-10)19-15(9-11)20-3-5-21-6-4-20/h1-2,7-9H,3-6H2. The van der Waals surface area contributed by atoms with Gasteiger partial charge in [0.15, 0.2) is 0 Å². The van der Waals surface area contributed by atoms with Crippen LogP contribution in [0.1, 0.15) is 0 Å². The van der Waals surface area contributed by atoms with Crippen LogP contribution in [0, 0.1) is 5.82 Å². The molecule has 0 spiro atoms. The Morgan fingerprint density at radius 1 is 1.19 bits per heavy atom. The van der Waals surface area contributed by atoms with Crippen LogP contribution in [-0.2, 0) is 4.74 Å². The van der Waals surface area contributed by atoms with Gasteiger partial charge in [0, 0.05) is 23.1 Å². The fraction of sp³-hybridized carbons (Fsp3) is 0.267. The van der Waals surface area contributed by atoms with Gasteiger partial charge in [-0.05, 0) is 30.3 Å². The van der Waals surface area contributed by atoms with Gasteiger partial charge in [0.25, 0.3) is 0 Å². The molecule has 0 aliphatic carbocycles. The number of halogens is 3. The molecule has 0 N–H and O–H groups in total. The highest BCUT2D eigenvalue weighted by Gasteiger charge is 2.14. The number of hydrogen-bond donors (Lipinski definition) is 0. The molecule has 0 bridgehead atoms. The summed E-state index contributed by atoms with van der Waals surface area (Å²) in [7, 11) is 0. The highest BCUT2D eigenvalue weighted by Crippen LogP contribution is 2.28. The van der Waals surface area contributed by atoms with E-state index >= 15 is 0 Å². The second-order valence-electron chi connectivity index (χ2n) is 4.76. The van der Waals surface area contributed by atoms with Crippen LogP contribution in [0.2, 0.25) is 5.02 Å². The summed E-state index contributed by atoms with van der Waals surface area (Å²) in [5.74, 6) is 0.451. The molecule has 2 aromatic rings. The largest absolute Gasteiger partial charge is 0.378 e. The van der Waals surface area contributed by atoms with Crippen molar-refractivity contribution in [2.75, 3.05) is 31.2 Å². The molecule has 1 aromatic carbocycles. The predicted molar refractivity (Wildman–Crippen MR) is 85.4 cm³/mol. The van der Waals surface area contributed by atoms with Crippen LogP contribution in [0.15, 0.2) is 34.8 Å². The number of pyridine rings is 1. The van der Waals surface area contributed by atoms with E-state index in [1.165, 1.54) is 6.07 Å². The predicted octanol–water partition coefficient (Wildman–Crippen LogP) is 4.14. The molecule has 1 saturated heterocycles. The molecule has 1 aliphatic rings. The normalized spacial score (nSPS) is 15.3. The summed E-state index contributed by atoms with van der Waals surface area (Å²) >= 11 is 9.36. The van der Waals surface area contributed by atoms with E-state index in [-0.39, 0.29) is 5.02 Å². The summed E-state index contributed by atoms with van der Waals surface area (Å²) < 4.78 is 19.6. The third-order valence-corrected chi connectivity index (χ3v) is 4.07. The SMILES string of the molecule is Fc1ccc(-c2cc(Br)cc(N3CCOCC3)n2)cc1Cl. The molecule has 1 aliphatic heterocycles. The number of hydrogen-bond acceptors (Lipinski definition) is 3. The summed E-state index contributed by atoms with van der Waals surface area (Å²) in [6.45, 7) is 3.03. The molecule has 3 rings (SSSR count). The van der Waals surface area contributed by atoms with E-state index in [9.17, 15) is 4.39 Å². The van der Waals surface area contributed by atoms with Gasteiger partial charge >= 0.3 is 0 Å². The Morgan fingerprint density at radius 3 is 2.67 bits per heavy atom.